The van der Waals surface area contributed by atoms with Gasteiger partial charge in [-0.25, -0.2) is 16.8 Å². The van der Waals surface area contributed by atoms with Crippen LogP contribution in [0.1, 0.15) is 153 Å². The molecule has 2 aromatic rings. The maximum atomic E-state index is 8.63. The SMILES string of the molecule is CCCCCCCCCCCCc1ccccc1.CCCCCCCCCCCCc1ccccc1.O=S(=O)([O-])O.O=S(=O)([O-])O.[Ca+2]. The molecule has 47 heavy (non-hydrogen) atoms. The quantitative estimate of drug-likeness (QED) is 0.0526. The standard InChI is InChI=1S/2C18H30.Ca.2H2O4S/c2*1-2-3-4-5-6-7-8-9-10-12-15-18-16-13-11-14-17-18;;2*1-5(2,3)4/h2*11,13-14,16-17H,2-10,12,15H2,1H3;;2*(H2,1,2,3,4)/q;;+2;;/p-2. The summed E-state index contributed by atoms with van der Waals surface area (Å²) in [6, 6.07) is 21.8. The van der Waals surface area contributed by atoms with E-state index in [2.05, 4.69) is 74.5 Å². The molecule has 2 rings (SSSR count). The van der Waals surface area contributed by atoms with Gasteiger partial charge in [-0.3, -0.25) is 9.11 Å². The predicted octanol–water partition coefficient (Wildman–Crippen LogP) is 9.93. The van der Waals surface area contributed by atoms with E-state index in [1.54, 1.807) is 0 Å². The third-order valence-electron chi connectivity index (χ3n) is 7.32. The first-order valence-electron chi connectivity index (χ1n) is 17.3. The molecule has 0 atom stereocenters. The minimum atomic E-state index is -4.92. The molecule has 0 fully saturated rings. The Labute approximate surface area is 318 Å². The van der Waals surface area contributed by atoms with Crippen molar-refractivity contribution >= 4 is 58.5 Å². The number of hydrogen-bond acceptors (Lipinski definition) is 6. The minimum Gasteiger partial charge on any atom is -0.726 e. The van der Waals surface area contributed by atoms with Crippen LogP contribution >= 0.6 is 0 Å². The molecule has 0 unspecified atom stereocenters. The monoisotopic (exact) mass is 726 g/mol. The predicted molar refractivity (Wildman–Crippen MR) is 194 cm³/mol. The molecular weight excluding hydrogens is 665 g/mol. The fraction of sp³-hybridized carbons (Fsp3) is 0.667. The third kappa shape index (κ3) is 55.1. The number of hydrogen-bond donors (Lipinski definition) is 2. The molecule has 2 aromatic carbocycles. The van der Waals surface area contributed by atoms with Gasteiger partial charge in [-0.1, -0.05) is 190 Å². The van der Waals surface area contributed by atoms with Gasteiger partial charge in [0.25, 0.3) is 0 Å². The molecule has 0 aromatic heterocycles. The average molecular weight is 727 g/mol. The van der Waals surface area contributed by atoms with Gasteiger partial charge in [-0.05, 0) is 36.8 Å². The molecule has 0 radical (unpaired) electrons. The molecule has 11 heteroatoms. The van der Waals surface area contributed by atoms with Gasteiger partial charge in [-0.2, -0.15) is 0 Å². The Hall–Kier alpha value is -0.560. The number of benzene rings is 2. The molecule has 0 saturated carbocycles. The zero-order chi connectivity index (χ0) is 34.8. The first kappa shape index (κ1) is 50.8. The van der Waals surface area contributed by atoms with Crippen LogP contribution in [0.5, 0.6) is 0 Å². The summed E-state index contributed by atoms with van der Waals surface area (Å²) in [5.41, 5.74) is 2.99. The van der Waals surface area contributed by atoms with E-state index in [0.29, 0.717) is 0 Å². The van der Waals surface area contributed by atoms with Crippen molar-refractivity contribution in [3.05, 3.63) is 71.8 Å². The van der Waals surface area contributed by atoms with Crippen molar-refractivity contribution in [2.24, 2.45) is 0 Å². The van der Waals surface area contributed by atoms with Crippen LogP contribution < -0.4 is 0 Å². The van der Waals surface area contributed by atoms with Gasteiger partial charge in [0.1, 0.15) is 0 Å². The number of rotatable bonds is 22. The second-order valence-electron chi connectivity index (χ2n) is 11.7. The molecular formula is C36H62CaO8S2. The van der Waals surface area contributed by atoms with E-state index in [1.807, 2.05) is 0 Å². The second-order valence-corrected chi connectivity index (χ2v) is 13.4. The van der Waals surface area contributed by atoms with Gasteiger partial charge < -0.3 is 9.11 Å². The molecule has 0 spiro atoms. The van der Waals surface area contributed by atoms with Crippen molar-refractivity contribution in [1.82, 2.24) is 0 Å². The van der Waals surface area contributed by atoms with Crippen LogP contribution in [0.25, 0.3) is 0 Å². The van der Waals surface area contributed by atoms with Crippen molar-refractivity contribution in [3.63, 3.8) is 0 Å². The van der Waals surface area contributed by atoms with Crippen molar-refractivity contribution < 1.29 is 35.0 Å². The smallest absolute Gasteiger partial charge is 0.726 e. The Morgan fingerprint density at radius 2 is 0.617 bits per heavy atom. The van der Waals surface area contributed by atoms with Crippen LogP contribution in [0.15, 0.2) is 60.7 Å². The molecule has 0 heterocycles. The van der Waals surface area contributed by atoms with Crippen molar-refractivity contribution in [2.75, 3.05) is 0 Å². The Bertz CT molecular complexity index is 995. The summed E-state index contributed by atoms with van der Waals surface area (Å²) in [4.78, 5) is 0. The molecule has 0 amide bonds. The fourth-order valence-electron chi connectivity index (χ4n) is 4.92. The van der Waals surface area contributed by atoms with E-state index in [1.165, 1.54) is 152 Å². The average Bonchev–Trinajstić information content (AvgIpc) is 2.99. The zero-order valence-electron chi connectivity index (χ0n) is 29.2. The van der Waals surface area contributed by atoms with Crippen molar-refractivity contribution in [2.45, 2.75) is 155 Å². The molecule has 0 aliphatic carbocycles. The fourth-order valence-corrected chi connectivity index (χ4v) is 4.92. The van der Waals surface area contributed by atoms with E-state index >= 15 is 0 Å². The summed E-state index contributed by atoms with van der Waals surface area (Å²) >= 11 is 0. The molecule has 0 aliphatic rings. The van der Waals surface area contributed by atoms with Crippen LogP contribution in [0.2, 0.25) is 0 Å². The summed E-state index contributed by atoms with van der Waals surface area (Å²) in [6.07, 6.45) is 31.0. The van der Waals surface area contributed by atoms with Crippen LogP contribution in [0, 0.1) is 0 Å². The van der Waals surface area contributed by atoms with E-state index < -0.39 is 20.8 Å². The topological polar surface area (TPSA) is 155 Å². The third-order valence-corrected chi connectivity index (χ3v) is 7.32. The summed E-state index contributed by atoms with van der Waals surface area (Å²) in [6.45, 7) is 4.57. The largest absolute Gasteiger partial charge is 2.00 e. The maximum absolute atomic E-state index is 8.63. The second kappa shape index (κ2) is 36.7. The maximum Gasteiger partial charge on any atom is 2.00 e. The Kier molecular flexibility index (Phi) is 39.7. The van der Waals surface area contributed by atoms with Gasteiger partial charge in [0.2, 0.25) is 20.8 Å². The number of unbranched alkanes of at least 4 members (excludes halogenated alkanes) is 18. The van der Waals surface area contributed by atoms with Crippen LogP contribution in [-0.4, -0.2) is 72.8 Å². The Morgan fingerprint density at radius 1 is 0.426 bits per heavy atom. The van der Waals surface area contributed by atoms with E-state index in [9.17, 15) is 0 Å². The van der Waals surface area contributed by atoms with Gasteiger partial charge in [0.05, 0.1) is 0 Å². The minimum absolute atomic E-state index is 0. The van der Waals surface area contributed by atoms with E-state index in [-0.39, 0.29) is 37.7 Å². The van der Waals surface area contributed by atoms with Gasteiger partial charge >= 0.3 is 37.7 Å². The van der Waals surface area contributed by atoms with Gasteiger partial charge in [0, 0.05) is 0 Å². The molecule has 0 bridgehead atoms. The molecule has 2 N–H and O–H groups in total. The van der Waals surface area contributed by atoms with Crippen molar-refractivity contribution in [1.29, 1.82) is 0 Å². The first-order valence-corrected chi connectivity index (χ1v) is 20.0. The zero-order valence-corrected chi connectivity index (χ0v) is 33.0. The summed E-state index contributed by atoms with van der Waals surface area (Å²) in [5.74, 6) is 0. The van der Waals surface area contributed by atoms with Gasteiger partial charge in [-0.15, -0.1) is 0 Å². The van der Waals surface area contributed by atoms with E-state index in [4.69, 9.17) is 35.0 Å². The summed E-state index contributed by atoms with van der Waals surface area (Å²) in [7, 11) is -9.83. The van der Waals surface area contributed by atoms with Crippen molar-refractivity contribution in [3.8, 4) is 0 Å². The summed E-state index contributed by atoms with van der Waals surface area (Å²) in [5, 5.41) is 0. The Morgan fingerprint density at radius 3 is 0.830 bits per heavy atom. The summed E-state index contributed by atoms with van der Waals surface area (Å²) < 4.78 is 65.7. The van der Waals surface area contributed by atoms with Crippen LogP contribution in [0.4, 0.5) is 0 Å². The molecule has 8 nitrogen and oxygen atoms in total. The normalized spacial score (nSPS) is 10.7. The molecule has 0 saturated heterocycles. The molecule has 0 aliphatic heterocycles. The first-order chi connectivity index (χ1) is 21.9. The van der Waals surface area contributed by atoms with Crippen LogP contribution in [-0.2, 0) is 33.6 Å². The Balaban J connectivity index is -0.000000630. The van der Waals surface area contributed by atoms with Crippen LogP contribution in [0.3, 0.4) is 0 Å². The number of aryl methyl sites for hydroxylation is 2. The van der Waals surface area contributed by atoms with Gasteiger partial charge in [0.15, 0.2) is 0 Å². The molecule has 268 valence electrons. The van der Waals surface area contributed by atoms with E-state index in [0.717, 1.165) is 0 Å².